The molecular formula is C14H23N3O2S2. The van der Waals surface area contributed by atoms with Crippen molar-refractivity contribution in [1.29, 1.82) is 0 Å². The molecule has 0 amide bonds. The summed E-state index contributed by atoms with van der Waals surface area (Å²) < 4.78 is 28.2. The van der Waals surface area contributed by atoms with Gasteiger partial charge in [0.2, 0.25) is 10.0 Å². The van der Waals surface area contributed by atoms with Crippen LogP contribution in [-0.4, -0.2) is 38.5 Å². The minimum Gasteiger partial charge on any atom is -0.326 e. The Hall–Kier alpha value is -0.470. The van der Waals surface area contributed by atoms with E-state index < -0.39 is 10.0 Å². The van der Waals surface area contributed by atoms with Gasteiger partial charge in [-0.25, -0.2) is 13.1 Å². The average molecular weight is 329 g/mol. The Labute approximate surface area is 130 Å². The van der Waals surface area contributed by atoms with Crippen molar-refractivity contribution < 1.29 is 8.42 Å². The number of sulfonamides is 1. The number of nitrogens with two attached hydrogens (primary N) is 1. The van der Waals surface area contributed by atoms with Crippen LogP contribution in [0.2, 0.25) is 0 Å². The second-order valence-corrected chi connectivity index (χ2v) is 9.02. The minimum atomic E-state index is -3.40. The van der Waals surface area contributed by atoms with Crippen LogP contribution in [0.15, 0.2) is 15.7 Å². The van der Waals surface area contributed by atoms with Crippen molar-refractivity contribution in [2.75, 3.05) is 7.05 Å². The minimum absolute atomic E-state index is 0.0601. The largest absolute Gasteiger partial charge is 0.326 e. The van der Waals surface area contributed by atoms with E-state index in [0.717, 1.165) is 18.4 Å². The van der Waals surface area contributed by atoms with Gasteiger partial charge in [-0.05, 0) is 49.7 Å². The van der Waals surface area contributed by atoms with E-state index in [2.05, 4.69) is 16.7 Å². The Balaban J connectivity index is 1.71. The smallest absolute Gasteiger partial charge is 0.250 e. The van der Waals surface area contributed by atoms with E-state index in [0.29, 0.717) is 22.8 Å². The van der Waals surface area contributed by atoms with Crippen molar-refractivity contribution in [3.63, 3.8) is 0 Å². The summed E-state index contributed by atoms with van der Waals surface area (Å²) in [7, 11) is -1.23. The van der Waals surface area contributed by atoms with Crippen LogP contribution in [0.3, 0.4) is 0 Å². The molecule has 0 aromatic carbocycles. The molecule has 2 fully saturated rings. The fourth-order valence-corrected chi connectivity index (χ4v) is 6.09. The van der Waals surface area contributed by atoms with Gasteiger partial charge in [-0.3, -0.25) is 0 Å². The van der Waals surface area contributed by atoms with Gasteiger partial charge in [0.1, 0.15) is 4.21 Å². The highest BCUT2D eigenvalue weighted by atomic mass is 32.2. The zero-order valence-electron chi connectivity index (χ0n) is 12.3. The summed E-state index contributed by atoms with van der Waals surface area (Å²) in [5.74, 6) is 0. The number of hydrogen-bond acceptors (Lipinski definition) is 5. The van der Waals surface area contributed by atoms with Crippen LogP contribution >= 0.6 is 11.3 Å². The molecule has 2 aliphatic rings. The predicted molar refractivity (Wildman–Crippen MR) is 84.7 cm³/mol. The fraction of sp³-hybridized carbons (Fsp3) is 0.714. The summed E-state index contributed by atoms with van der Waals surface area (Å²) in [5.41, 5.74) is 6.43. The van der Waals surface area contributed by atoms with E-state index in [1.54, 1.807) is 6.07 Å². The van der Waals surface area contributed by atoms with Gasteiger partial charge in [-0.2, -0.15) is 0 Å². The zero-order chi connectivity index (χ0) is 15.0. The molecule has 0 radical (unpaired) electrons. The first-order valence-electron chi connectivity index (χ1n) is 7.51. The summed E-state index contributed by atoms with van der Waals surface area (Å²) in [6.45, 7) is 0.379. The highest BCUT2D eigenvalue weighted by Crippen LogP contribution is 2.33. The first kappa shape index (κ1) is 15.4. The van der Waals surface area contributed by atoms with Crippen molar-refractivity contribution >= 4 is 21.4 Å². The highest BCUT2D eigenvalue weighted by Gasteiger charge is 2.37. The van der Waals surface area contributed by atoms with Crippen molar-refractivity contribution in [1.82, 2.24) is 9.62 Å². The Morgan fingerprint density at radius 2 is 2.05 bits per heavy atom. The Morgan fingerprint density at radius 1 is 1.38 bits per heavy atom. The molecule has 1 aromatic rings. The third-order valence-electron chi connectivity index (χ3n) is 4.79. The first-order valence-corrected chi connectivity index (χ1v) is 9.87. The van der Waals surface area contributed by atoms with Gasteiger partial charge >= 0.3 is 0 Å². The second-order valence-electron chi connectivity index (χ2n) is 6.17. The molecule has 2 unspecified atom stereocenters. The summed E-state index contributed by atoms with van der Waals surface area (Å²) in [4.78, 5) is 2.44. The van der Waals surface area contributed by atoms with Gasteiger partial charge in [0.25, 0.3) is 0 Å². The second kappa shape index (κ2) is 5.96. The van der Waals surface area contributed by atoms with Gasteiger partial charge < -0.3 is 10.6 Å². The summed E-state index contributed by atoms with van der Waals surface area (Å²) >= 11 is 1.25. The molecule has 118 valence electrons. The number of thiophene rings is 1. The van der Waals surface area contributed by atoms with Crippen LogP contribution in [0, 0.1) is 0 Å². The molecule has 2 bridgehead atoms. The van der Waals surface area contributed by atoms with E-state index in [1.807, 2.05) is 5.38 Å². The van der Waals surface area contributed by atoms with E-state index in [1.165, 1.54) is 30.6 Å². The molecule has 5 nitrogen and oxygen atoms in total. The molecule has 21 heavy (non-hydrogen) atoms. The van der Waals surface area contributed by atoms with Crippen molar-refractivity contribution in [3.05, 3.63) is 17.0 Å². The van der Waals surface area contributed by atoms with E-state index >= 15 is 0 Å². The van der Waals surface area contributed by atoms with Crippen LogP contribution in [0.25, 0.3) is 0 Å². The normalized spacial score (nSPS) is 30.5. The molecule has 2 aliphatic heterocycles. The van der Waals surface area contributed by atoms with Crippen LogP contribution in [-0.2, 0) is 16.6 Å². The van der Waals surface area contributed by atoms with E-state index in [4.69, 9.17) is 5.73 Å². The predicted octanol–water partition coefficient (Wildman–Crippen LogP) is 1.50. The van der Waals surface area contributed by atoms with Gasteiger partial charge in [0.05, 0.1) is 0 Å². The number of piperidine rings is 2. The number of nitrogens with zero attached hydrogens (tertiary/aromatic N) is 1. The topological polar surface area (TPSA) is 75.4 Å². The summed E-state index contributed by atoms with van der Waals surface area (Å²) in [5, 5.41) is 1.82. The van der Waals surface area contributed by atoms with Gasteiger partial charge in [-0.1, -0.05) is 6.42 Å². The summed E-state index contributed by atoms with van der Waals surface area (Å²) in [6.07, 6.45) is 5.47. The lowest BCUT2D eigenvalue weighted by atomic mass is 9.83. The molecular weight excluding hydrogens is 306 g/mol. The number of hydrogen-bond donors (Lipinski definition) is 2. The average Bonchev–Trinajstić information content (AvgIpc) is 2.89. The highest BCUT2D eigenvalue weighted by molar-refractivity contribution is 7.91. The molecule has 3 heterocycles. The molecule has 1 aromatic heterocycles. The molecule has 0 saturated carbocycles. The lowest BCUT2D eigenvalue weighted by molar-refractivity contribution is 0.0536. The third-order valence-corrected chi connectivity index (χ3v) is 7.80. The Bertz CT molecular complexity index is 585. The van der Waals surface area contributed by atoms with E-state index in [-0.39, 0.29) is 6.04 Å². The number of nitrogens with one attached hydrogen (secondary N) is 1. The molecule has 2 saturated heterocycles. The standard InChI is InChI=1S/C14H23N3O2S2/c1-17-12-3-2-4-13(17)7-11(6-12)16-21(18,19)14-5-10(8-15)9-20-14/h5,9,11-13,16H,2-4,6-8,15H2,1H3. The number of fused-ring (bicyclic) bond motifs is 2. The Morgan fingerprint density at radius 3 is 2.62 bits per heavy atom. The van der Waals surface area contributed by atoms with Crippen LogP contribution in [0.1, 0.15) is 37.7 Å². The van der Waals surface area contributed by atoms with Crippen molar-refractivity contribution in [2.45, 2.75) is 61.0 Å². The first-order chi connectivity index (χ1) is 9.99. The lowest BCUT2D eigenvalue weighted by Gasteiger charge is -2.47. The maximum atomic E-state index is 12.5. The van der Waals surface area contributed by atoms with Crippen molar-refractivity contribution in [3.8, 4) is 0 Å². The fourth-order valence-electron chi connectivity index (χ4n) is 3.59. The van der Waals surface area contributed by atoms with Crippen LogP contribution < -0.4 is 10.5 Å². The maximum Gasteiger partial charge on any atom is 0.250 e. The molecule has 3 rings (SSSR count). The molecule has 0 aliphatic carbocycles. The quantitative estimate of drug-likeness (QED) is 0.878. The van der Waals surface area contributed by atoms with Crippen LogP contribution in [0.5, 0.6) is 0 Å². The molecule has 2 atom stereocenters. The zero-order valence-corrected chi connectivity index (χ0v) is 13.9. The molecule has 3 N–H and O–H groups in total. The van der Waals surface area contributed by atoms with E-state index in [9.17, 15) is 8.42 Å². The lowest BCUT2D eigenvalue weighted by Crippen LogP contribution is -2.55. The van der Waals surface area contributed by atoms with Crippen molar-refractivity contribution in [2.24, 2.45) is 5.73 Å². The Kier molecular flexibility index (Phi) is 4.38. The monoisotopic (exact) mass is 329 g/mol. The number of rotatable bonds is 4. The van der Waals surface area contributed by atoms with Gasteiger partial charge in [0.15, 0.2) is 0 Å². The van der Waals surface area contributed by atoms with Gasteiger partial charge in [0, 0.05) is 24.7 Å². The summed E-state index contributed by atoms with van der Waals surface area (Å²) in [6, 6.07) is 2.79. The third kappa shape index (κ3) is 3.17. The maximum absolute atomic E-state index is 12.5. The molecule has 0 spiro atoms. The molecule has 7 heteroatoms. The SMILES string of the molecule is CN1C2CCCC1CC(NS(=O)(=O)c1cc(CN)cs1)C2. The van der Waals surface area contributed by atoms with Crippen LogP contribution in [0.4, 0.5) is 0 Å². The van der Waals surface area contributed by atoms with Gasteiger partial charge in [-0.15, -0.1) is 11.3 Å².